The number of ether oxygens (including phenoxy) is 2. The lowest BCUT2D eigenvalue weighted by molar-refractivity contribution is -0.136. The molecule has 3 aromatic rings. The molecule has 0 aliphatic carbocycles. The van der Waals surface area contributed by atoms with Crippen LogP contribution in [0.1, 0.15) is 66.3 Å². The molecule has 1 heterocycles. The number of benzene rings is 2. The summed E-state index contributed by atoms with van der Waals surface area (Å²) in [5.41, 5.74) is 3.31. The molecule has 0 aliphatic heterocycles. The van der Waals surface area contributed by atoms with E-state index in [0.29, 0.717) is 6.42 Å². The SMILES string of the molecule is COc1cc([C@@H](O[Si](C)(C)C(C)(C)C)[C@@H](CCCc2ccccc2)Cc2ncc(CC(=O)O)s2)cc(OC)c1C. The summed E-state index contributed by atoms with van der Waals surface area (Å²) in [7, 11) is 1.18. The smallest absolute Gasteiger partial charge is 0.308 e. The Labute approximate surface area is 244 Å². The third kappa shape index (κ3) is 8.41. The Bertz CT molecular complexity index is 1230. The Morgan fingerprint density at radius 3 is 2.25 bits per heavy atom. The van der Waals surface area contributed by atoms with E-state index in [1.54, 1.807) is 20.4 Å². The van der Waals surface area contributed by atoms with Crippen LogP contribution in [-0.2, 0) is 28.5 Å². The van der Waals surface area contributed by atoms with E-state index >= 15 is 0 Å². The highest BCUT2D eigenvalue weighted by atomic mass is 32.1. The number of carboxylic acid groups (broad SMARTS) is 1. The maximum atomic E-state index is 11.3. The van der Waals surface area contributed by atoms with E-state index in [-0.39, 0.29) is 23.5 Å². The number of aliphatic carboxylic acids is 1. The molecule has 1 N–H and O–H groups in total. The van der Waals surface area contributed by atoms with Gasteiger partial charge < -0.3 is 19.0 Å². The molecule has 0 bridgehead atoms. The van der Waals surface area contributed by atoms with Gasteiger partial charge in [-0.25, -0.2) is 4.98 Å². The minimum Gasteiger partial charge on any atom is -0.496 e. The molecule has 0 radical (unpaired) electrons. The van der Waals surface area contributed by atoms with Crippen LogP contribution in [0.15, 0.2) is 48.7 Å². The van der Waals surface area contributed by atoms with Crippen molar-refractivity contribution in [3.63, 3.8) is 0 Å². The molecule has 0 saturated carbocycles. The number of aromatic nitrogens is 1. The standard InChI is InChI=1S/C32H45NO5SSi/c1-22-27(36-5)17-25(18-28(22)37-6)31(38-40(7,8)32(2,3)4)24(16-12-15-23-13-10-9-11-14-23)19-29-33-21-26(39-29)20-30(34)35/h9-11,13-14,17-18,21,24,31H,12,15-16,19-20H2,1-8H3,(H,34,35)/t24-,31-/m0/s1. The number of thiazole rings is 1. The molecule has 218 valence electrons. The average Bonchev–Trinajstić information content (AvgIpc) is 3.33. The van der Waals surface area contributed by atoms with Gasteiger partial charge in [-0.05, 0) is 73.5 Å². The van der Waals surface area contributed by atoms with Crippen molar-refractivity contribution < 1.29 is 23.8 Å². The Kier molecular flexibility index (Phi) is 11.0. The van der Waals surface area contributed by atoms with Gasteiger partial charge in [0.05, 0.1) is 31.8 Å². The van der Waals surface area contributed by atoms with Crippen LogP contribution in [0.4, 0.5) is 0 Å². The zero-order valence-electron chi connectivity index (χ0n) is 25.2. The second kappa shape index (κ2) is 13.8. The zero-order valence-corrected chi connectivity index (χ0v) is 27.1. The molecule has 6 nitrogen and oxygen atoms in total. The lowest BCUT2D eigenvalue weighted by Crippen LogP contribution is -2.43. The fourth-order valence-corrected chi connectivity index (χ4v) is 7.00. The van der Waals surface area contributed by atoms with Crippen LogP contribution in [0.3, 0.4) is 0 Å². The maximum Gasteiger partial charge on any atom is 0.308 e. The van der Waals surface area contributed by atoms with Gasteiger partial charge in [-0.2, -0.15) is 0 Å². The van der Waals surface area contributed by atoms with Gasteiger partial charge in [-0.1, -0.05) is 51.1 Å². The average molecular weight is 584 g/mol. The first-order valence-corrected chi connectivity index (χ1v) is 17.7. The minimum atomic E-state index is -2.20. The largest absolute Gasteiger partial charge is 0.496 e. The van der Waals surface area contributed by atoms with Crippen molar-refractivity contribution in [1.29, 1.82) is 0 Å². The van der Waals surface area contributed by atoms with Gasteiger partial charge in [0.2, 0.25) is 0 Å². The van der Waals surface area contributed by atoms with Gasteiger partial charge in [0.25, 0.3) is 0 Å². The Morgan fingerprint density at radius 2 is 1.70 bits per heavy atom. The summed E-state index contributed by atoms with van der Waals surface area (Å²) in [5, 5.41) is 10.2. The lowest BCUT2D eigenvalue weighted by Gasteiger charge is -2.42. The fourth-order valence-electron chi connectivity index (χ4n) is 4.67. The summed E-state index contributed by atoms with van der Waals surface area (Å²) < 4.78 is 18.8. The highest BCUT2D eigenvalue weighted by molar-refractivity contribution is 7.11. The molecule has 40 heavy (non-hydrogen) atoms. The predicted octanol–water partition coefficient (Wildman–Crippen LogP) is 8.04. The monoisotopic (exact) mass is 583 g/mol. The first-order valence-electron chi connectivity index (χ1n) is 13.9. The van der Waals surface area contributed by atoms with Crippen molar-refractivity contribution in [3.05, 3.63) is 75.2 Å². The Morgan fingerprint density at radius 1 is 1.07 bits per heavy atom. The van der Waals surface area contributed by atoms with E-state index in [0.717, 1.165) is 51.8 Å². The normalized spacial score (nSPS) is 13.6. The van der Waals surface area contributed by atoms with Gasteiger partial charge >= 0.3 is 5.97 Å². The number of methoxy groups -OCH3 is 2. The lowest BCUT2D eigenvalue weighted by atomic mass is 9.87. The van der Waals surface area contributed by atoms with Crippen LogP contribution in [0, 0.1) is 12.8 Å². The molecule has 0 aliphatic rings. The van der Waals surface area contributed by atoms with Gasteiger partial charge in [-0.15, -0.1) is 11.3 Å². The van der Waals surface area contributed by atoms with Gasteiger partial charge in [0, 0.05) is 23.1 Å². The number of aryl methyl sites for hydroxylation is 1. The molecule has 0 fully saturated rings. The molecule has 0 unspecified atom stereocenters. The predicted molar refractivity (Wildman–Crippen MR) is 165 cm³/mol. The van der Waals surface area contributed by atoms with E-state index in [9.17, 15) is 9.90 Å². The van der Waals surface area contributed by atoms with Crippen LogP contribution in [0.25, 0.3) is 0 Å². The molecular weight excluding hydrogens is 539 g/mol. The van der Waals surface area contributed by atoms with Crippen LogP contribution in [0.5, 0.6) is 11.5 Å². The molecule has 0 amide bonds. The first-order chi connectivity index (χ1) is 18.8. The number of rotatable bonds is 14. The van der Waals surface area contributed by atoms with Gasteiger partial charge in [0.15, 0.2) is 8.32 Å². The highest BCUT2D eigenvalue weighted by Crippen LogP contribution is 2.45. The van der Waals surface area contributed by atoms with Gasteiger partial charge in [-0.3, -0.25) is 4.79 Å². The number of carbonyl (C=O) groups is 1. The van der Waals surface area contributed by atoms with Crippen molar-refractivity contribution in [2.75, 3.05) is 14.2 Å². The minimum absolute atomic E-state index is 0.00734. The highest BCUT2D eigenvalue weighted by Gasteiger charge is 2.41. The molecule has 2 aromatic carbocycles. The van der Waals surface area contributed by atoms with Crippen LogP contribution in [-0.4, -0.2) is 38.6 Å². The van der Waals surface area contributed by atoms with Crippen molar-refractivity contribution >= 4 is 25.6 Å². The summed E-state index contributed by atoms with van der Waals surface area (Å²) in [5.74, 6) is 0.838. The third-order valence-corrected chi connectivity index (χ3v) is 13.5. The van der Waals surface area contributed by atoms with Crippen LogP contribution >= 0.6 is 11.3 Å². The van der Waals surface area contributed by atoms with Crippen molar-refractivity contribution in [2.45, 2.75) is 84.0 Å². The topological polar surface area (TPSA) is 77.9 Å². The molecule has 2 atom stereocenters. The molecule has 1 aromatic heterocycles. The van der Waals surface area contributed by atoms with E-state index in [4.69, 9.17) is 13.9 Å². The first kappa shape index (κ1) is 31.8. The molecule has 8 heteroatoms. The Balaban J connectivity index is 2.05. The maximum absolute atomic E-state index is 11.3. The number of carboxylic acids is 1. The molecular formula is C32H45NO5SSi. The number of nitrogens with zero attached hydrogens (tertiary/aromatic N) is 1. The van der Waals surface area contributed by atoms with Crippen molar-refractivity contribution in [2.24, 2.45) is 5.92 Å². The summed E-state index contributed by atoms with van der Waals surface area (Å²) >= 11 is 1.49. The number of hydrogen-bond acceptors (Lipinski definition) is 6. The summed E-state index contributed by atoms with van der Waals surface area (Å²) in [4.78, 5) is 16.7. The van der Waals surface area contributed by atoms with E-state index in [1.165, 1.54) is 16.9 Å². The molecule has 0 spiro atoms. The van der Waals surface area contributed by atoms with Crippen LogP contribution < -0.4 is 9.47 Å². The summed E-state index contributed by atoms with van der Waals surface area (Å²) in [6.45, 7) is 13.4. The van der Waals surface area contributed by atoms with Gasteiger partial charge in [0.1, 0.15) is 11.5 Å². The third-order valence-electron chi connectivity index (χ3n) is 8.01. The second-order valence-electron chi connectivity index (χ2n) is 12.0. The molecule has 0 saturated heterocycles. The Hall–Kier alpha value is -2.68. The van der Waals surface area contributed by atoms with E-state index in [1.807, 2.05) is 13.0 Å². The summed E-state index contributed by atoms with van der Waals surface area (Å²) in [6, 6.07) is 14.8. The van der Waals surface area contributed by atoms with E-state index in [2.05, 4.69) is 75.2 Å². The zero-order chi connectivity index (χ0) is 29.5. The quantitative estimate of drug-likeness (QED) is 0.194. The van der Waals surface area contributed by atoms with E-state index < -0.39 is 14.3 Å². The van der Waals surface area contributed by atoms with Crippen LogP contribution in [0.2, 0.25) is 18.1 Å². The molecule has 3 rings (SSSR count). The summed E-state index contributed by atoms with van der Waals surface area (Å²) in [6.07, 6.45) is 5.11. The van der Waals surface area contributed by atoms with Crippen molar-refractivity contribution in [3.8, 4) is 11.5 Å². The van der Waals surface area contributed by atoms with Crippen molar-refractivity contribution in [1.82, 2.24) is 4.98 Å². The fraction of sp³-hybridized carbons (Fsp3) is 0.500. The number of hydrogen-bond donors (Lipinski definition) is 1. The second-order valence-corrected chi connectivity index (χ2v) is 17.9.